The normalized spacial score (nSPS) is 20.2. The Morgan fingerprint density at radius 2 is 1.83 bits per heavy atom. The van der Waals surface area contributed by atoms with Crippen LogP contribution in [0, 0.1) is 5.92 Å². The summed E-state index contributed by atoms with van der Waals surface area (Å²) < 4.78 is 65.8. The molecule has 0 bridgehead atoms. The van der Waals surface area contributed by atoms with Gasteiger partial charge in [0.05, 0.1) is 28.7 Å². The Labute approximate surface area is 246 Å². The quantitative estimate of drug-likeness (QED) is 0.367. The zero-order valence-corrected chi connectivity index (χ0v) is 25.6. The SMILES string of the molecule is CCn1cc(S(=O)(=O)N2CCC3(CC2)C[C@@H](CC[C@H](O)COc2cccc(S(C)(=O)=O)c2)CO3)c(=O)c2ccccc21. The molecule has 5 rings (SSSR count). The number of ether oxygens (including phenoxy) is 2. The van der Waals surface area contributed by atoms with Gasteiger partial charge in [-0.05, 0) is 75.3 Å². The molecule has 1 aromatic heterocycles. The number of rotatable bonds is 10. The van der Waals surface area contributed by atoms with E-state index in [9.17, 15) is 26.7 Å². The van der Waals surface area contributed by atoms with Crippen molar-refractivity contribution < 1.29 is 31.4 Å². The maximum atomic E-state index is 13.6. The van der Waals surface area contributed by atoms with E-state index < -0.39 is 37.0 Å². The van der Waals surface area contributed by atoms with Gasteiger partial charge in [0, 0.05) is 37.5 Å². The monoisotopic (exact) mass is 618 g/mol. The average Bonchev–Trinajstić information content (AvgIpc) is 3.37. The fourth-order valence-electron chi connectivity index (χ4n) is 6.01. The van der Waals surface area contributed by atoms with Crippen LogP contribution in [0.5, 0.6) is 5.75 Å². The molecule has 10 nitrogen and oxygen atoms in total. The number of sulfone groups is 1. The number of nitrogens with zero attached hydrogens (tertiary/aromatic N) is 2. The van der Waals surface area contributed by atoms with Gasteiger partial charge in [-0.1, -0.05) is 18.2 Å². The first-order chi connectivity index (χ1) is 19.9. The Hall–Kier alpha value is -2.77. The van der Waals surface area contributed by atoms with Gasteiger partial charge < -0.3 is 19.1 Å². The fourth-order valence-corrected chi connectivity index (χ4v) is 8.21. The highest BCUT2D eigenvalue weighted by Crippen LogP contribution is 2.41. The third-order valence-corrected chi connectivity index (χ3v) is 11.4. The fraction of sp³-hybridized carbons (Fsp3) is 0.500. The lowest BCUT2D eigenvalue weighted by atomic mass is 9.84. The van der Waals surface area contributed by atoms with Crippen molar-refractivity contribution in [2.45, 2.75) is 67.1 Å². The van der Waals surface area contributed by atoms with Crippen LogP contribution in [0.4, 0.5) is 0 Å². The van der Waals surface area contributed by atoms with Crippen LogP contribution in [0.3, 0.4) is 0 Å². The Morgan fingerprint density at radius 3 is 2.55 bits per heavy atom. The first-order valence-corrected chi connectivity index (χ1v) is 17.6. The molecule has 228 valence electrons. The molecule has 0 radical (unpaired) electrons. The van der Waals surface area contributed by atoms with Crippen molar-refractivity contribution in [2.24, 2.45) is 5.92 Å². The Balaban J connectivity index is 1.15. The molecule has 0 saturated carbocycles. The number of sulfonamides is 1. The van der Waals surface area contributed by atoms with Crippen molar-refractivity contribution in [3.05, 3.63) is 65.0 Å². The number of aromatic nitrogens is 1. The van der Waals surface area contributed by atoms with Gasteiger partial charge in [0.25, 0.3) is 0 Å². The maximum Gasteiger partial charge on any atom is 0.248 e. The summed E-state index contributed by atoms with van der Waals surface area (Å²) in [6.07, 6.45) is 4.97. The van der Waals surface area contributed by atoms with Crippen LogP contribution >= 0.6 is 0 Å². The standard InChI is InChI=1S/C30H38N2O8S2/c1-3-31-19-28(29(34)26-9-4-5-10-27(26)31)42(37,38)32-15-13-30(14-16-32)18-22(20-40-30)11-12-23(33)21-39-24-7-6-8-25(17-24)41(2,35)36/h4-10,17,19,22-23,33H,3,11-16,18,20-21H2,1-2H3/t22-,23+/m1/s1. The molecule has 3 heterocycles. The lowest BCUT2D eigenvalue weighted by Crippen LogP contribution is -2.47. The van der Waals surface area contributed by atoms with Crippen molar-refractivity contribution >= 4 is 30.8 Å². The van der Waals surface area contributed by atoms with Gasteiger partial charge in [-0.3, -0.25) is 4.79 Å². The number of pyridine rings is 1. The number of aryl methyl sites for hydroxylation is 1. The molecule has 1 N–H and O–H groups in total. The summed E-state index contributed by atoms with van der Waals surface area (Å²) in [5, 5.41) is 10.9. The minimum atomic E-state index is -3.97. The number of aliphatic hydroxyl groups excluding tert-OH is 1. The molecule has 0 aliphatic carbocycles. The second-order valence-electron chi connectivity index (χ2n) is 11.4. The van der Waals surface area contributed by atoms with Crippen molar-refractivity contribution in [2.75, 3.05) is 32.6 Å². The molecule has 1 spiro atoms. The van der Waals surface area contributed by atoms with Gasteiger partial charge in [-0.2, -0.15) is 4.31 Å². The number of para-hydroxylation sites is 1. The summed E-state index contributed by atoms with van der Waals surface area (Å²) >= 11 is 0. The molecule has 2 aliphatic rings. The molecule has 2 aromatic carbocycles. The van der Waals surface area contributed by atoms with Crippen LogP contribution in [0.2, 0.25) is 0 Å². The van der Waals surface area contributed by atoms with Gasteiger partial charge in [0.2, 0.25) is 15.5 Å². The largest absolute Gasteiger partial charge is 0.491 e. The van der Waals surface area contributed by atoms with E-state index in [0.717, 1.165) is 19.1 Å². The zero-order chi connectivity index (χ0) is 30.1. The van der Waals surface area contributed by atoms with E-state index in [-0.39, 0.29) is 35.4 Å². The third-order valence-electron chi connectivity index (χ3n) is 8.42. The highest BCUT2D eigenvalue weighted by atomic mass is 32.2. The second kappa shape index (κ2) is 12.1. The number of hydrogen-bond acceptors (Lipinski definition) is 8. The van der Waals surface area contributed by atoms with Crippen LogP contribution in [0.1, 0.15) is 39.0 Å². The Kier molecular flexibility index (Phi) is 8.82. The lowest BCUT2D eigenvalue weighted by Gasteiger charge is -2.38. The number of aliphatic hydroxyl groups is 1. The van der Waals surface area contributed by atoms with Gasteiger partial charge in [-0.15, -0.1) is 0 Å². The predicted molar refractivity (Wildman–Crippen MR) is 159 cm³/mol. The molecule has 2 saturated heterocycles. The lowest BCUT2D eigenvalue weighted by molar-refractivity contribution is -0.0314. The van der Waals surface area contributed by atoms with E-state index in [0.29, 0.717) is 49.1 Å². The van der Waals surface area contributed by atoms with E-state index in [1.54, 1.807) is 28.8 Å². The number of hydrogen-bond donors (Lipinski definition) is 1. The summed E-state index contributed by atoms with van der Waals surface area (Å²) in [6, 6.07) is 13.3. The summed E-state index contributed by atoms with van der Waals surface area (Å²) in [5.74, 6) is 0.618. The van der Waals surface area contributed by atoms with Gasteiger partial charge in [0.1, 0.15) is 17.3 Å². The Bertz CT molecular complexity index is 1710. The first kappa shape index (κ1) is 30.7. The molecule has 2 aliphatic heterocycles. The van der Waals surface area contributed by atoms with E-state index in [1.807, 2.05) is 19.1 Å². The minimum absolute atomic E-state index is 0.0489. The number of piperidine rings is 1. The summed E-state index contributed by atoms with van der Waals surface area (Å²) in [7, 11) is -7.32. The summed E-state index contributed by atoms with van der Waals surface area (Å²) in [6.45, 7) is 3.60. The van der Waals surface area contributed by atoms with Crippen molar-refractivity contribution in [1.29, 1.82) is 0 Å². The first-order valence-electron chi connectivity index (χ1n) is 14.3. The highest BCUT2D eigenvalue weighted by Gasteiger charge is 2.45. The molecule has 0 amide bonds. The van der Waals surface area contributed by atoms with Crippen LogP contribution in [-0.2, 0) is 31.1 Å². The van der Waals surface area contributed by atoms with Crippen molar-refractivity contribution in [3.8, 4) is 5.75 Å². The van der Waals surface area contributed by atoms with Gasteiger partial charge in [-0.25, -0.2) is 16.8 Å². The Morgan fingerprint density at radius 1 is 1.10 bits per heavy atom. The van der Waals surface area contributed by atoms with E-state index in [1.165, 1.54) is 22.6 Å². The van der Waals surface area contributed by atoms with Crippen molar-refractivity contribution in [3.63, 3.8) is 0 Å². The summed E-state index contributed by atoms with van der Waals surface area (Å²) in [4.78, 5) is 13.2. The molecule has 3 aromatic rings. The number of fused-ring (bicyclic) bond motifs is 1. The van der Waals surface area contributed by atoms with E-state index in [2.05, 4.69) is 0 Å². The van der Waals surface area contributed by atoms with Gasteiger partial charge >= 0.3 is 0 Å². The van der Waals surface area contributed by atoms with E-state index >= 15 is 0 Å². The smallest absolute Gasteiger partial charge is 0.248 e. The predicted octanol–water partition coefficient (Wildman–Crippen LogP) is 3.20. The average molecular weight is 619 g/mol. The topological polar surface area (TPSA) is 132 Å². The third kappa shape index (κ3) is 6.42. The molecular weight excluding hydrogens is 580 g/mol. The molecule has 12 heteroatoms. The molecule has 42 heavy (non-hydrogen) atoms. The van der Waals surface area contributed by atoms with Crippen LogP contribution < -0.4 is 10.2 Å². The van der Waals surface area contributed by atoms with Gasteiger partial charge in [0.15, 0.2) is 9.84 Å². The highest BCUT2D eigenvalue weighted by molar-refractivity contribution is 7.90. The molecular formula is C30H38N2O8S2. The van der Waals surface area contributed by atoms with E-state index in [4.69, 9.17) is 9.47 Å². The van der Waals surface area contributed by atoms with Crippen LogP contribution in [0.25, 0.3) is 10.9 Å². The van der Waals surface area contributed by atoms with Crippen LogP contribution in [0.15, 0.2) is 69.3 Å². The summed E-state index contributed by atoms with van der Waals surface area (Å²) in [5.41, 5.74) is -0.166. The minimum Gasteiger partial charge on any atom is -0.491 e. The van der Waals surface area contributed by atoms with Crippen molar-refractivity contribution in [1.82, 2.24) is 8.87 Å². The van der Waals surface area contributed by atoms with Crippen LogP contribution in [-0.4, -0.2) is 75.1 Å². The molecule has 2 fully saturated rings. The zero-order valence-electron chi connectivity index (χ0n) is 23.9. The number of benzene rings is 2. The molecule has 0 unspecified atom stereocenters. The second-order valence-corrected chi connectivity index (χ2v) is 15.3. The maximum absolute atomic E-state index is 13.6. The molecule has 2 atom stereocenters.